The summed E-state index contributed by atoms with van der Waals surface area (Å²) in [6.07, 6.45) is 2.31. The molecule has 0 aromatic carbocycles. The molecule has 2 aliphatic rings. The summed E-state index contributed by atoms with van der Waals surface area (Å²) in [5.41, 5.74) is 0. The molecule has 3 amide bonds. The molecule has 2 aliphatic heterocycles. The van der Waals surface area contributed by atoms with Gasteiger partial charge in [-0.2, -0.15) is 0 Å². The van der Waals surface area contributed by atoms with Crippen LogP contribution < -0.4 is 5.32 Å². The second-order valence-electron chi connectivity index (χ2n) is 5.48. The van der Waals surface area contributed by atoms with Crippen molar-refractivity contribution in [1.29, 1.82) is 0 Å². The van der Waals surface area contributed by atoms with Crippen LogP contribution in [0.15, 0.2) is 0 Å². The number of amides is 3. The first-order valence-electron chi connectivity index (χ1n) is 6.92. The molecule has 0 bridgehead atoms. The molecule has 0 aromatic rings. The average Bonchev–Trinajstić information content (AvgIpc) is 2.37. The van der Waals surface area contributed by atoms with Crippen LogP contribution in [-0.4, -0.2) is 54.5 Å². The van der Waals surface area contributed by atoms with E-state index in [1.807, 2.05) is 6.92 Å². The van der Waals surface area contributed by atoms with Crippen molar-refractivity contribution in [1.82, 2.24) is 15.1 Å². The second kappa shape index (κ2) is 5.69. The zero-order chi connectivity index (χ0) is 13.1. The summed E-state index contributed by atoms with van der Waals surface area (Å²) in [6.45, 7) is 8.79. The summed E-state index contributed by atoms with van der Waals surface area (Å²) >= 11 is 0. The zero-order valence-corrected chi connectivity index (χ0v) is 11.3. The Hall–Kier alpha value is -1.10. The highest BCUT2D eigenvalue weighted by Gasteiger charge is 2.31. The lowest BCUT2D eigenvalue weighted by molar-refractivity contribution is -0.125. The maximum Gasteiger partial charge on any atom is 0.324 e. The lowest BCUT2D eigenvalue weighted by Crippen LogP contribution is -2.55. The monoisotopic (exact) mass is 253 g/mol. The molecule has 0 radical (unpaired) electrons. The number of nitrogens with one attached hydrogen (secondary N) is 1. The molecular weight excluding hydrogens is 230 g/mol. The molecule has 5 nitrogen and oxygen atoms in total. The van der Waals surface area contributed by atoms with E-state index in [1.54, 1.807) is 4.90 Å². The van der Waals surface area contributed by atoms with E-state index in [0.29, 0.717) is 12.5 Å². The van der Waals surface area contributed by atoms with E-state index in [2.05, 4.69) is 17.1 Å². The number of hydrogen-bond acceptors (Lipinski definition) is 3. The minimum atomic E-state index is -0.212. The third kappa shape index (κ3) is 3.02. The second-order valence-corrected chi connectivity index (χ2v) is 5.48. The van der Waals surface area contributed by atoms with Crippen molar-refractivity contribution in [2.45, 2.75) is 26.7 Å². The molecular formula is C13H23N3O2. The summed E-state index contributed by atoms with van der Waals surface area (Å²) in [5.74, 6) is 0.356. The summed E-state index contributed by atoms with van der Waals surface area (Å²) in [4.78, 5) is 27.3. The fraction of sp³-hybridized carbons (Fsp3) is 0.846. The molecule has 1 N–H and O–H groups in total. The van der Waals surface area contributed by atoms with Crippen molar-refractivity contribution >= 4 is 11.9 Å². The Morgan fingerprint density at radius 3 is 2.56 bits per heavy atom. The maximum atomic E-state index is 11.7. The standard InChI is InChI=1S/C13H23N3O2/c1-3-15-6-4-11(5-7-15)9-16-8-10(2)12(17)14-13(16)18/h10-11H,3-9H2,1-2H3,(H,14,17,18). The molecule has 0 spiro atoms. The minimum absolute atomic E-state index is 0.0848. The Labute approximate surface area is 108 Å². The molecule has 1 atom stereocenters. The van der Waals surface area contributed by atoms with Gasteiger partial charge in [0.05, 0.1) is 5.92 Å². The van der Waals surface area contributed by atoms with Gasteiger partial charge in [0.25, 0.3) is 0 Å². The number of carbonyl (C=O) groups is 2. The van der Waals surface area contributed by atoms with Crippen LogP contribution in [0.2, 0.25) is 0 Å². The van der Waals surface area contributed by atoms with E-state index < -0.39 is 0 Å². The summed E-state index contributed by atoms with van der Waals surface area (Å²) in [6, 6.07) is -0.212. The molecule has 18 heavy (non-hydrogen) atoms. The molecule has 1 unspecified atom stereocenters. The van der Waals surface area contributed by atoms with Crippen LogP contribution in [0.5, 0.6) is 0 Å². The molecule has 0 saturated carbocycles. The summed E-state index contributed by atoms with van der Waals surface area (Å²) in [5, 5.41) is 2.43. The van der Waals surface area contributed by atoms with Crippen LogP contribution in [-0.2, 0) is 4.79 Å². The van der Waals surface area contributed by atoms with Gasteiger partial charge in [0.2, 0.25) is 5.91 Å². The van der Waals surface area contributed by atoms with Gasteiger partial charge in [0.1, 0.15) is 0 Å². The predicted octanol–water partition coefficient (Wildman–Crippen LogP) is 0.906. The van der Waals surface area contributed by atoms with E-state index in [0.717, 1.165) is 39.0 Å². The van der Waals surface area contributed by atoms with Crippen LogP contribution in [0.1, 0.15) is 26.7 Å². The highest BCUT2D eigenvalue weighted by atomic mass is 16.2. The first kappa shape index (κ1) is 13.3. The van der Waals surface area contributed by atoms with Crippen LogP contribution in [0.25, 0.3) is 0 Å². The summed E-state index contributed by atoms with van der Waals surface area (Å²) < 4.78 is 0. The van der Waals surface area contributed by atoms with Crippen LogP contribution >= 0.6 is 0 Å². The Morgan fingerprint density at radius 2 is 1.94 bits per heavy atom. The SMILES string of the molecule is CCN1CCC(CN2CC(C)C(=O)NC2=O)CC1. The fourth-order valence-corrected chi connectivity index (χ4v) is 2.76. The Balaban J connectivity index is 1.83. The Bertz CT molecular complexity index is 324. The topological polar surface area (TPSA) is 52.6 Å². The van der Waals surface area contributed by atoms with Gasteiger partial charge in [-0.3, -0.25) is 10.1 Å². The van der Waals surface area contributed by atoms with Crippen LogP contribution in [0.3, 0.4) is 0 Å². The number of rotatable bonds is 3. The van der Waals surface area contributed by atoms with E-state index in [4.69, 9.17) is 0 Å². The van der Waals surface area contributed by atoms with Gasteiger partial charge < -0.3 is 9.80 Å². The molecule has 0 aliphatic carbocycles. The number of likely N-dealkylation sites (tertiary alicyclic amines) is 1. The van der Waals surface area contributed by atoms with Crippen molar-refractivity contribution < 1.29 is 9.59 Å². The van der Waals surface area contributed by atoms with Gasteiger partial charge in [-0.05, 0) is 38.4 Å². The highest BCUT2D eigenvalue weighted by molar-refractivity contribution is 5.97. The van der Waals surface area contributed by atoms with E-state index in [9.17, 15) is 9.59 Å². The number of nitrogens with zero attached hydrogens (tertiary/aromatic N) is 2. The third-order valence-electron chi connectivity index (χ3n) is 4.09. The quantitative estimate of drug-likeness (QED) is 0.813. The molecule has 2 rings (SSSR count). The van der Waals surface area contributed by atoms with Gasteiger partial charge in [-0.1, -0.05) is 13.8 Å². The summed E-state index contributed by atoms with van der Waals surface area (Å²) in [7, 11) is 0. The molecule has 2 heterocycles. The number of carbonyl (C=O) groups excluding carboxylic acids is 2. The van der Waals surface area contributed by atoms with Gasteiger partial charge in [-0.25, -0.2) is 4.79 Å². The Morgan fingerprint density at radius 1 is 1.28 bits per heavy atom. The third-order valence-corrected chi connectivity index (χ3v) is 4.09. The largest absolute Gasteiger partial charge is 0.324 e. The average molecular weight is 253 g/mol. The normalized spacial score (nSPS) is 27.4. The van der Waals surface area contributed by atoms with Crippen LogP contribution in [0.4, 0.5) is 4.79 Å². The van der Waals surface area contributed by atoms with Crippen molar-refractivity contribution in [2.75, 3.05) is 32.7 Å². The molecule has 0 aromatic heterocycles. The zero-order valence-electron chi connectivity index (χ0n) is 11.3. The lowest BCUT2D eigenvalue weighted by atomic mass is 9.95. The molecule has 5 heteroatoms. The van der Waals surface area contributed by atoms with Gasteiger partial charge in [0, 0.05) is 13.1 Å². The van der Waals surface area contributed by atoms with Crippen molar-refractivity contribution in [3.63, 3.8) is 0 Å². The number of hydrogen-bond donors (Lipinski definition) is 1. The first-order chi connectivity index (χ1) is 8.60. The molecule has 2 saturated heterocycles. The predicted molar refractivity (Wildman–Crippen MR) is 69.1 cm³/mol. The van der Waals surface area contributed by atoms with Gasteiger partial charge >= 0.3 is 6.03 Å². The van der Waals surface area contributed by atoms with Gasteiger partial charge in [-0.15, -0.1) is 0 Å². The van der Waals surface area contributed by atoms with Crippen molar-refractivity contribution in [3.8, 4) is 0 Å². The van der Waals surface area contributed by atoms with Crippen LogP contribution in [0, 0.1) is 11.8 Å². The lowest BCUT2D eigenvalue weighted by Gasteiger charge is -2.36. The fourth-order valence-electron chi connectivity index (χ4n) is 2.76. The molecule has 2 fully saturated rings. The number of imide groups is 1. The van der Waals surface area contributed by atoms with E-state index in [1.165, 1.54) is 0 Å². The van der Waals surface area contributed by atoms with E-state index >= 15 is 0 Å². The minimum Gasteiger partial charge on any atom is -0.323 e. The number of piperidine rings is 1. The highest BCUT2D eigenvalue weighted by Crippen LogP contribution is 2.19. The molecule has 102 valence electrons. The first-order valence-corrected chi connectivity index (χ1v) is 6.92. The Kier molecular flexibility index (Phi) is 4.22. The maximum absolute atomic E-state index is 11.7. The van der Waals surface area contributed by atoms with Gasteiger partial charge in [0.15, 0.2) is 0 Å². The van der Waals surface area contributed by atoms with E-state index in [-0.39, 0.29) is 17.9 Å². The van der Waals surface area contributed by atoms with Crippen molar-refractivity contribution in [2.24, 2.45) is 11.8 Å². The number of urea groups is 1. The van der Waals surface area contributed by atoms with Crippen molar-refractivity contribution in [3.05, 3.63) is 0 Å². The smallest absolute Gasteiger partial charge is 0.323 e.